The summed E-state index contributed by atoms with van der Waals surface area (Å²) < 4.78 is 0. The minimum atomic E-state index is -0.721. The summed E-state index contributed by atoms with van der Waals surface area (Å²) in [5, 5.41) is 12.4. The third kappa shape index (κ3) is 2.90. The normalized spacial score (nSPS) is 24.2. The number of nitrogens with one attached hydrogen (secondary N) is 1. The van der Waals surface area contributed by atoms with Crippen molar-refractivity contribution in [3.63, 3.8) is 0 Å². The van der Waals surface area contributed by atoms with Crippen LogP contribution in [0.3, 0.4) is 0 Å². The second-order valence-electron chi connectivity index (χ2n) is 7.60. The van der Waals surface area contributed by atoms with Crippen molar-refractivity contribution in [1.82, 2.24) is 5.32 Å². The number of nitriles is 1. The molecule has 0 unspecified atom stereocenters. The molecule has 0 bridgehead atoms. The first kappa shape index (κ1) is 16.1. The van der Waals surface area contributed by atoms with E-state index in [9.17, 15) is 14.9 Å². The van der Waals surface area contributed by atoms with Gasteiger partial charge in [0.2, 0.25) is 11.8 Å². The molecule has 0 radical (unpaired) electrons. The summed E-state index contributed by atoms with van der Waals surface area (Å²) in [5.41, 5.74) is 2.88. The summed E-state index contributed by atoms with van der Waals surface area (Å²) in [6, 6.07) is 8.50. The van der Waals surface area contributed by atoms with Crippen molar-refractivity contribution < 1.29 is 9.59 Å². The van der Waals surface area contributed by atoms with Gasteiger partial charge < -0.3 is 10.2 Å². The summed E-state index contributed by atoms with van der Waals surface area (Å²) >= 11 is 0. The van der Waals surface area contributed by atoms with Gasteiger partial charge in [0.1, 0.15) is 5.54 Å². The second-order valence-corrected chi connectivity index (χ2v) is 7.60. The molecule has 1 aromatic carbocycles. The zero-order valence-electron chi connectivity index (χ0n) is 14.4. The van der Waals surface area contributed by atoms with Gasteiger partial charge in [-0.05, 0) is 68.2 Å². The summed E-state index contributed by atoms with van der Waals surface area (Å²) in [5.74, 6) is -0.525. The van der Waals surface area contributed by atoms with E-state index in [0.29, 0.717) is 19.4 Å². The molecule has 1 N–H and O–H groups in total. The van der Waals surface area contributed by atoms with Crippen LogP contribution in [0.25, 0.3) is 0 Å². The lowest BCUT2D eigenvalue weighted by atomic mass is 9.97. The standard InChI is InChI=1S/C20H23N3O2/c21-13-20(8-1-2-9-20)22-19(25)16-11-18(24)23(12-16)17-7-6-14-4-3-5-15(14)10-17/h6-7,10,16H,1-5,8-9,11-12H2,(H,22,25)/t16-/m1/s1. The van der Waals surface area contributed by atoms with Gasteiger partial charge in [-0.25, -0.2) is 0 Å². The number of aryl methyl sites for hydroxylation is 2. The van der Waals surface area contributed by atoms with Crippen LogP contribution in [0.5, 0.6) is 0 Å². The molecule has 1 atom stereocenters. The number of fused-ring (bicyclic) bond motifs is 1. The van der Waals surface area contributed by atoms with Crippen LogP contribution < -0.4 is 10.2 Å². The predicted molar refractivity (Wildman–Crippen MR) is 93.9 cm³/mol. The number of carbonyl (C=O) groups is 2. The molecule has 0 aromatic heterocycles. The van der Waals surface area contributed by atoms with Crippen LogP contribution in [-0.4, -0.2) is 23.9 Å². The molecule has 1 aromatic rings. The molecule has 2 amide bonds. The Bertz CT molecular complexity index is 759. The van der Waals surface area contributed by atoms with E-state index < -0.39 is 5.54 Å². The number of anilines is 1. The molecule has 3 aliphatic rings. The fourth-order valence-electron chi connectivity index (χ4n) is 4.44. The quantitative estimate of drug-likeness (QED) is 0.921. The molecule has 2 aliphatic carbocycles. The highest BCUT2D eigenvalue weighted by Crippen LogP contribution is 2.32. The molecule has 4 rings (SSSR count). The molecular weight excluding hydrogens is 314 g/mol. The van der Waals surface area contributed by atoms with Crippen molar-refractivity contribution in [3.8, 4) is 6.07 Å². The maximum Gasteiger partial charge on any atom is 0.227 e. The maximum atomic E-state index is 12.6. The largest absolute Gasteiger partial charge is 0.338 e. The Kier molecular flexibility index (Phi) is 3.99. The summed E-state index contributed by atoms with van der Waals surface area (Å²) in [6.45, 7) is 0.408. The van der Waals surface area contributed by atoms with Crippen LogP contribution in [0.15, 0.2) is 18.2 Å². The van der Waals surface area contributed by atoms with Crippen molar-refractivity contribution in [1.29, 1.82) is 5.26 Å². The maximum absolute atomic E-state index is 12.6. The lowest BCUT2D eigenvalue weighted by Crippen LogP contribution is -2.48. The van der Waals surface area contributed by atoms with Crippen LogP contribution in [-0.2, 0) is 22.4 Å². The number of hydrogen-bond donors (Lipinski definition) is 1. The van der Waals surface area contributed by atoms with E-state index in [1.807, 2.05) is 6.07 Å². The Morgan fingerprint density at radius 2 is 1.96 bits per heavy atom. The molecule has 2 fully saturated rings. The van der Waals surface area contributed by atoms with Crippen LogP contribution in [0.2, 0.25) is 0 Å². The number of rotatable bonds is 3. The number of benzene rings is 1. The van der Waals surface area contributed by atoms with Gasteiger partial charge in [-0.3, -0.25) is 9.59 Å². The third-order valence-electron chi connectivity index (χ3n) is 5.92. The van der Waals surface area contributed by atoms with E-state index in [2.05, 4.69) is 23.5 Å². The average Bonchev–Trinajstić information content (AvgIpc) is 3.33. The number of hydrogen-bond acceptors (Lipinski definition) is 3. The summed E-state index contributed by atoms with van der Waals surface area (Å²) in [6.07, 6.45) is 6.95. The van der Waals surface area contributed by atoms with E-state index >= 15 is 0 Å². The minimum absolute atomic E-state index is 0.00414. The van der Waals surface area contributed by atoms with Crippen LogP contribution >= 0.6 is 0 Å². The summed E-state index contributed by atoms with van der Waals surface area (Å²) in [4.78, 5) is 26.8. The van der Waals surface area contributed by atoms with Crippen molar-refractivity contribution in [2.24, 2.45) is 5.92 Å². The third-order valence-corrected chi connectivity index (χ3v) is 5.92. The molecule has 1 saturated carbocycles. The monoisotopic (exact) mass is 337 g/mol. The van der Waals surface area contributed by atoms with Crippen LogP contribution in [0, 0.1) is 17.2 Å². The van der Waals surface area contributed by atoms with E-state index in [1.54, 1.807) is 4.90 Å². The highest BCUT2D eigenvalue weighted by Gasteiger charge is 2.41. The van der Waals surface area contributed by atoms with Gasteiger partial charge in [0.25, 0.3) is 0 Å². The van der Waals surface area contributed by atoms with Crippen molar-refractivity contribution >= 4 is 17.5 Å². The smallest absolute Gasteiger partial charge is 0.227 e. The van der Waals surface area contributed by atoms with Crippen molar-refractivity contribution in [2.45, 2.75) is 56.9 Å². The van der Waals surface area contributed by atoms with Crippen LogP contribution in [0.4, 0.5) is 5.69 Å². The van der Waals surface area contributed by atoms with Gasteiger partial charge in [-0.15, -0.1) is 0 Å². The first-order valence-electron chi connectivity index (χ1n) is 9.26. The van der Waals surface area contributed by atoms with E-state index in [4.69, 9.17) is 0 Å². The predicted octanol–water partition coefficient (Wildman–Crippen LogP) is 2.48. The highest BCUT2D eigenvalue weighted by molar-refractivity contribution is 6.00. The fourth-order valence-corrected chi connectivity index (χ4v) is 4.44. The molecule has 5 heteroatoms. The van der Waals surface area contributed by atoms with E-state index in [0.717, 1.165) is 31.4 Å². The Morgan fingerprint density at radius 3 is 2.72 bits per heavy atom. The highest BCUT2D eigenvalue weighted by atomic mass is 16.2. The SMILES string of the molecule is N#CC1(NC(=O)[C@@H]2CC(=O)N(c3ccc4c(c3)CCC4)C2)CCCC1. The van der Waals surface area contributed by atoms with Gasteiger partial charge in [0, 0.05) is 18.7 Å². The Balaban J connectivity index is 1.47. The molecule has 1 aliphatic heterocycles. The molecule has 25 heavy (non-hydrogen) atoms. The van der Waals surface area contributed by atoms with Crippen molar-refractivity contribution in [3.05, 3.63) is 29.3 Å². The minimum Gasteiger partial charge on any atom is -0.338 e. The van der Waals surface area contributed by atoms with E-state index in [-0.39, 0.29) is 24.2 Å². The molecule has 1 heterocycles. The van der Waals surface area contributed by atoms with Gasteiger partial charge >= 0.3 is 0 Å². The topological polar surface area (TPSA) is 73.2 Å². The average molecular weight is 337 g/mol. The number of nitrogens with zero attached hydrogens (tertiary/aromatic N) is 2. The summed E-state index contributed by atoms with van der Waals surface area (Å²) in [7, 11) is 0. The van der Waals surface area contributed by atoms with Gasteiger partial charge in [-0.2, -0.15) is 5.26 Å². The Hall–Kier alpha value is -2.35. The van der Waals surface area contributed by atoms with Gasteiger partial charge in [0.05, 0.1) is 12.0 Å². The molecule has 130 valence electrons. The lowest BCUT2D eigenvalue weighted by Gasteiger charge is -2.24. The van der Waals surface area contributed by atoms with Crippen molar-refractivity contribution in [2.75, 3.05) is 11.4 Å². The first-order valence-corrected chi connectivity index (χ1v) is 9.26. The molecule has 1 saturated heterocycles. The first-order chi connectivity index (χ1) is 12.1. The Morgan fingerprint density at radius 1 is 1.20 bits per heavy atom. The van der Waals surface area contributed by atoms with Crippen LogP contribution in [0.1, 0.15) is 49.7 Å². The lowest BCUT2D eigenvalue weighted by molar-refractivity contribution is -0.127. The number of carbonyl (C=O) groups excluding carboxylic acids is 2. The molecule has 5 nitrogen and oxygen atoms in total. The zero-order chi connectivity index (χ0) is 17.4. The fraction of sp³-hybridized carbons (Fsp3) is 0.550. The zero-order valence-corrected chi connectivity index (χ0v) is 14.4. The molecular formula is C20H23N3O2. The van der Waals surface area contributed by atoms with E-state index in [1.165, 1.54) is 17.5 Å². The Labute approximate surface area is 148 Å². The van der Waals surface area contributed by atoms with Gasteiger partial charge in [0.15, 0.2) is 0 Å². The van der Waals surface area contributed by atoms with Gasteiger partial charge in [-0.1, -0.05) is 6.07 Å². The second kappa shape index (κ2) is 6.18. The molecule has 0 spiro atoms. The number of amides is 2.